The summed E-state index contributed by atoms with van der Waals surface area (Å²) in [5.74, 6) is 0.776. The molecule has 2 nitrogen and oxygen atoms in total. The zero-order valence-corrected chi connectivity index (χ0v) is 10.8. The molecule has 2 N–H and O–H groups in total. The van der Waals surface area contributed by atoms with E-state index in [-0.39, 0.29) is 0 Å². The highest BCUT2D eigenvalue weighted by Gasteiger charge is 2.04. The lowest BCUT2D eigenvalue weighted by Crippen LogP contribution is -2.26. The van der Waals surface area contributed by atoms with Crippen molar-refractivity contribution in [1.29, 1.82) is 0 Å². The second-order valence-corrected chi connectivity index (χ2v) is 4.65. The van der Waals surface area contributed by atoms with Gasteiger partial charge in [0.25, 0.3) is 0 Å². The molecule has 0 aromatic carbocycles. The third-order valence-corrected chi connectivity index (χ3v) is 2.77. The van der Waals surface area contributed by atoms with Gasteiger partial charge in [-0.25, -0.2) is 0 Å². The third kappa shape index (κ3) is 8.64. The summed E-state index contributed by atoms with van der Waals surface area (Å²) in [6.07, 6.45) is 3.73. The van der Waals surface area contributed by atoms with Gasteiger partial charge >= 0.3 is 0 Å². The van der Waals surface area contributed by atoms with Crippen molar-refractivity contribution in [2.24, 2.45) is 11.7 Å². The average molecular weight is 212 g/mol. The van der Waals surface area contributed by atoms with Gasteiger partial charge in [0.1, 0.15) is 0 Å². The van der Waals surface area contributed by atoms with Gasteiger partial charge in [0, 0.05) is 6.54 Å². The van der Waals surface area contributed by atoms with Crippen LogP contribution >= 0.6 is 0 Å². The number of nitrogens with zero attached hydrogens (tertiary/aromatic N) is 1. The maximum atomic E-state index is 5.53. The van der Waals surface area contributed by atoms with Crippen LogP contribution in [0.1, 0.15) is 40.0 Å². The van der Waals surface area contributed by atoms with Crippen molar-refractivity contribution in [3.63, 3.8) is 0 Å². The van der Waals surface area contributed by atoms with Gasteiger partial charge in [0.15, 0.2) is 0 Å². The van der Waals surface area contributed by atoms with Crippen molar-refractivity contribution in [2.75, 3.05) is 26.2 Å². The Balaban J connectivity index is 3.58. The van der Waals surface area contributed by atoms with Crippen molar-refractivity contribution in [3.8, 4) is 0 Å². The van der Waals surface area contributed by atoms with E-state index >= 15 is 0 Å². The summed E-state index contributed by atoms with van der Waals surface area (Å²) in [6.45, 7) is 14.7. The fourth-order valence-electron chi connectivity index (χ4n) is 1.82. The number of hydrogen-bond acceptors (Lipinski definition) is 2. The van der Waals surface area contributed by atoms with Crippen molar-refractivity contribution in [3.05, 3.63) is 12.2 Å². The second-order valence-electron chi connectivity index (χ2n) is 4.65. The Kier molecular flexibility index (Phi) is 8.73. The van der Waals surface area contributed by atoms with E-state index < -0.39 is 0 Å². The van der Waals surface area contributed by atoms with Crippen LogP contribution in [0.5, 0.6) is 0 Å². The topological polar surface area (TPSA) is 29.3 Å². The van der Waals surface area contributed by atoms with Crippen molar-refractivity contribution in [1.82, 2.24) is 4.90 Å². The molecule has 90 valence electrons. The Bertz CT molecular complexity index is 166. The molecule has 2 heteroatoms. The molecule has 0 fully saturated rings. The fourth-order valence-corrected chi connectivity index (χ4v) is 1.82. The van der Waals surface area contributed by atoms with Crippen LogP contribution in [0.25, 0.3) is 0 Å². The zero-order valence-electron chi connectivity index (χ0n) is 10.8. The van der Waals surface area contributed by atoms with Gasteiger partial charge in [-0.1, -0.05) is 26.0 Å². The molecule has 15 heavy (non-hydrogen) atoms. The van der Waals surface area contributed by atoms with Crippen LogP contribution in [0.15, 0.2) is 12.2 Å². The molecule has 0 amide bonds. The number of hydrogen-bond donors (Lipinski definition) is 1. The normalized spacial score (nSPS) is 13.1. The summed E-state index contributed by atoms with van der Waals surface area (Å²) < 4.78 is 0. The zero-order chi connectivity index (χ0) is 11.7. The van der Waals surface area contributed by atoms with Gasteiger partial charge < -0.3 is 5.73 Å². The summed E-state index contributed by atoms with van der Waals surface area (Å²) in [4.78, 5) is 2.46. The Morgan fingerprint density at radius 3 is 2.53 bits per heavy atom. The van der Waals surface area contributed by atoms with Gasteiger partial charge in [-0.3, -0.25) is 4.90 Å². The summed E-state index contributed by atoms with van der Waals surface area (Å²) in [7, 11) is 0. The van der Waals surface area contributed by atoms with Gasteiger partial charge in [-0.2, -0.15) is 0 Å². The number of rotatable bonds is 9. The maximum Gasteiger partial charge on any atom is 0.0187 e. The second kappa shape index (κ2) is 8.93. The molecule has 0 aromatic heterocycles. The Morgan fingerprint density at radius 2 is 2.07 bits per heavy atom. The van der Waals surface area contributed by atoms with E-state index in [1.54, 1.807) is 0 Å². The molecule has 0 heterocycles. The quantitative estimate of drug-likeness (QED) is 0.595. The van der Waals surface area contributed by atoms with E-state index in [0.717, 1.165) is 32.0 Å². The first-order chi connectivity index (χ1) is 7.10. The molecule has 0 aliphatic heterocycles. The summed E-state index contributed by atoms with van der Waals surface area (Å²) >= 11 is 0. The molecule has 1 atom stereocenters. The van der Waals surface area contributed by atoms with E-state index in [4.69, 9.17) is 5.73 Å². The highest BCUT2D eigenvalue weighted by molar-refractivity contribution is 4.91. The van der Waals surface area contributed by atoms with Crippen LogP contribution in [0, 0.1) is 5.92 Å². The molecular formula is C13H28N2. The fraction of sp³-hybridized carbons (Fsp3) is 0.846. The third-order valence-electron chi connectivity index (χ3n) is 2.77. The summed E-state index contributed by atoms with van der Waals surface area (Å²) in [6, 6.07) is 0. The molecule has 0 radical (unpaired) electrons. The van der Waals surface area contributed by atoms with Gasteiger partial charge in [-0.15, -0.1) is 0 Å². The molecule has 0 saturated heterocycles. The number of likely N-dealkylation sites (N-methyl/N-ethyl adjacent to an activating group) is 1. The molecule has 0 bridgehead atoms. The molecule has 0 aliphatic carbocycles. The van der Waals surface area contributed by atoms with Crippen LogP contribution in [0.2, 0.25) is 0 Å². The highest BCUT2D eigenvalue weighted by atomic mass is 15.1. The number of nitrogens with two attached hydrogens (primary N) is 1. The van der Waals surface area contributed by atoms with Gasteiger partial charge in [-0.05, 0) is 51.7 Å². The maximum absolute atomic E-state index is 5.53. The van der Waals surface area contributed by atoms with E-state index in [9.17, 15) is 0 Å². The van der Waals surface area contributed by atoms with Crippen LogP contribution in [0.4, 0.5) is 0 Å². The summed E-state index contributed by atoms with van der Waals surface area (Å²) in [5.41, 5.74) is 6.79. The van der Waals surface area contributed by atoms with Gasteiger partial charge in [0.05, 0.1) is 0 Å². The SMILES string of the molecule is C=C(C)CN(CC)CCCC(C)CCN. The molecule has 0 spiro atoms. The van der Waals surface area contributed by atoms with Crippen molar-refractivity contribution >= 4 is 0 Å². The highest BCUT2D eigenvalue weighted by Crippen LogP contribution is 2.10. The molecule has 0 aliphatic rings. The largest absolute Gasteiger partial charge is 0.330 e. The molecular weight excluding hydrogens is 184 g/mol. The van der Waals surface area contributed by atoms with E-state index in [2.05, 4.69) is 32.3 Å². The minimum absolute atomic E-state index is 0.776. The van der Waals surface area contributed by atoms with Crippen molar-refractivity contribution in [2.45, 2.75) is 40.0 Å². The minimum atomic E-state index is 0.776. The Labute approximate surface area is 95.5 Å². The van der Waals surface area contributed by atoms with E-state index in [0.29, 0.717) is 0 Å². The predicted molar refractivity (Wildman–Crippen MR) is 69.0 cm³/mol. The van der Waals surface area contributed by atoms with Crippen LogP contribution in [-0.2, 0) is 0 Å². The molecule has 0 rings (SSSR count). The molecule has 0 saturated carbocycles. The van der Waals surface area contributed by atoms with Crippen LogP contribution in [0.3, 0.4) is 0 Å². The van der Waals surface area contributed by atoms with E-state index in [1.165, 1.54) is 25.0 Å². The average Bonchev–Trinajstić information content (AvgIpc) is 2.16. The predicted octanol–water partition coefficient (Wildman–Crippen LogP) is 2.65. The summed E-state index contributed by atoms with van der Waals surface area (Å²) in [5, 5.41) is 0. The van der Waals surface area contributed by atoms with Gasteiger partial charge in [0.2, 0.25) is 0 Å². The Hall–Kier alpha value is -0.340. The van der Waals surface area contributed by atoms with Crippen molar-refractivity contribution < 1.29 is 0 Å². The van der Waals surface area contributed by atoms with Crippen LogP contribution in [-0.4, -0.2) is 31.1 Å². The first-order valence-corrected chi connectivity index (χ1v) is 6.16. The van der Waals surface area contributed by atoms with E-state index in [1.807, 2.05) is 0 Å². The lowest BCUT2D eigenvalue weighted by Gasteiger charge is -2.21. The first-order valence-electron chi connectivity index (χ1n) is 6.16. The standard InChI is InChI=1S/C13H28N2/c1-5-15(11-12(2)3)10-6-7-13(4)8-9-14/h13H,2,5-11,14H2,1,3-4H3. The first kappa shape index (κ1) is 14.7. The van der Waals surface area contributed by atoms with Crippen LogP contribution < -0.4 is 5.73 Å². The molecule has 0 aromatic rings. The Morgan fingerprint density at radius 1 is 1.40 bits per heavy atom. The lowest BCUT2D eigenvalue weighted by atomic mass is 10.0. The smallest absolute Gasteiger partial charge is 0.0187 e. The lowest BCUT2D eigenvalue weighted by molar-refractivity contribution is 0.294. The monoisotopic (exact) mass is 212 g/mol. The minimum Gasteiger partial charge on any atom is -0.330 e. The molecule has 1 unspecified atom stereocenters.